The zero-order valence-corrected chi connectivity index (χ0v) is 23.1. The number of hydrogen-bond donors (Lipinski definition) is 3. The molecular weight excluding hydrogens is 527 g/mol. The number of nitrogens with two attached hydrogens (primary N) is 2. The molecule has 1 atom stereocenters. The lowest BCUT2D eigenvalue weighted by Crippen LogP contribution is -2.31. The summed E-state index contributed by atoms with van der Waals surface area (Å²) in [5.41, 5.74) is 14.7. The Morgan fingerprint density at radius 2 is 1.32 bits per heavy atom. The molecule has 0 saturated carbocycles. The number of nitrogens with zero attached hydrogens (tertiary/aromatic N) is 1. The normalized spacial score (nSPS) is 11.7. The van der Waals surface area contributed by atoms with Crippen molar-refractivity contribution in [1.82, 2.24) is 5.32 Å². The summed E-state index contributed by atoms with van der Waals surface area (Å²) in [7, 11) is -4.21. The Labute approximate surface area is 233 Å². The van der Waals surface area contributed by atoms with E-state index in [1.165, 1.54) is 0 Å². The number of guanidine groups is 1. The van der Waals surface area contributed by atoms with Crippen LogP contribution in [0.25, 0.3) is 0 Å². The van der Waals surface area contributed by atoms with Crippen LogP contribution in [-0.2, 0) is 15.9 Å². The topological polar surface area (TPSA) is 138 Å². The van der Waals surface area contributed by atoms with E-state index in [9.17, 15) is 9.36 Å². The third kappa shape index (κ3) is 7.88. The average molecular weight is 559 g/mol. The van der Waals surface area contributed by atoms with E-state index in [4.69, 9.17) is 25.3 Å². The number of hydrogen-bond acceptors (Lipinski definition) is 6. The summed E-state index contributed by atoms with van der Waals surface area (Å²) in [6, 6.07) is 29.8. The van der Waals surface area contributed by atoms with E-state index in [2.05, 4.69) is 10.3 Å². The van der Waals surface area contributed by atoms with Crippen LogP contribution < -0.4 is 25.8 Å². The van der Waals surface area contributed by atoms with E-state index in [-0.39, 0.29) is 12.6 Å². The number of aryl methyl sites for hydroxylation is 2. The molecule has 0 bridgehead atoms. The second kappa shape index (κ2) is 12.9. The quantitative estimate of drug-likeness (QED) is 0.115. The van der Waals surface area contributed by atoms with Crippen molar-refractivity contribution in [2.24, 2.45) is 16.5 Å². The minimum atomic E-state index is -4.21. The smallest absolute Gasteiger partial charge is 0.445 e. The van der Waals surface area contributed by atoms with Gasteiger partial charge in [0, 0.05) is 0 Å². The Bertz CT molecular complexity index is 1440. The molecule has 0 aliphatic carbocycles. The molecule has 0 spiro atoms. The summed E-state index contributed by atoms with van der Waals surface area (Å²) in [5, 5.41) is 2.71. The van der Waals surface area contributed by atoms with Gasteiger partial charge in [-0.3, -0.25) is 0 Å². The molecule has 9 nitrogen and oxygen atoms in total. The zero-order chi connectivity index (χ0) is 28.5. The Balaban J connectivity index is 1.71. The van der Waals surface area contributed by atoms with E-state index in [0.29, 0.717) is 22.7 Å². The Hall–Kier alpha value is -4.75. The number of nitrogens with one attached hydrogen (secondary N) is 1. The number of amides is 1. The highest BCUT2D eigenvalue weighted by Gasteiger charge is 2.42. The lowest BCUT2D eigenvalue weighted by molar-refractivity contribution is 0.137. The van der Waals surface area contributed by atoms with Gasteiger partial charge < -0.3 is 30.6 Å². The first-order valence-electron chi connectivity index (χ1n) is 12.5. The van der Waals surface area contributed by atoms with Crippen molar-refractivity contribution < 1.29 is 23.1 Å². The van der Waals surface area contributed by atoms with Crippen LogP contribution >= 0.6 is 7.60 Å². The lowest BCUT2D eigenvalue weighted by atomic mass is 10.2. The van der Waals surface area contributed by atoms with Gasteiger partial charge in [-0.25, -0.2) is 14.4 Å². The van der Waals surface area contributed by atoms with E-state index >= 15 is 0 Å². The highest BCUT2D eigenvalue weighted by atomic mass is 31.2. The third-order valence-electron chi connectivity index (χ3n) is 5.76. The second-order valence-electron chi connectivity index (χ2n) is 9.09. The molecule has 0 heterocycles. The monoisotopic (exact) mass is 558 g/mol. The number of carbonyl (C=O) groups is 1. The maximum absolute atomic E-state index is 14.7. The summed E-state index contributed by atoms with van der Waals surface area (Å²) in [5.74, 6) is -0.750. The van der Waals surface area contributed by atoms with Gasteiger partial charge in [0.25, 0.3) is 0 Å². The average Bonchev–Trinajstić information content (AvgIpc) is 2.94. The fraction of sp³-hybridized carbons (Fsp3) is 0.133. The van der Waals surface area contributed by atoms with Crippen molar-refractivity contribution >= 4 is 25.3 Å². The predicted octanol–water partition coefficient (Wildman–Crippen LogP) is 6.48. The van der Waals surface area contributed by atoms with Gasteiger partial charge in [0.2, 0.25) is 0 Å². The van der Waals surface area contributed by atoms with E-state index < -0.39 is 19.5 Å². The summed E-state index contributed by atoms with van der Waals surface area (Å²) in [6.07, 6.45) is -0.803. The predicted molar refractivity (Wildman–Crippen MR) is 156 cm³/mol. The minimum Gasteiger partial charge on any atom is -0.445 e. The molecular formula is C30H31N4O5P. The first-order valence-corrected chi connectivity index (χ1v) is 14.1. The highest BCUT2D eigenvalue weighted by Crippen LogP contribution is 2.59. The third-order valence-corrected chi connectivity index (χ3v) is 7.75. The summed E-state index contributed by atoms with van der Waals surface area (Å²) in [4.78, 5) is 17.1. The van der Waals surface area contributed by atoms with Crippen molar-refractivity contribution in [3.63, 3.8) is 0 Å². The minimum absolute atomic E-state index is 0.0186. The fourth-order valence-corrected chi connectivity index (χ4v) is 5.60. The standard InChI is InChI=1S/C30H31N4O5P/c1-21-8-16-26(17-9-21)38-40(36,39-27-18-10-22(2)11-19-27)28(24-12-14-25(15-13-24)33-29(31)32)34-30(35)37-20-23-6-4-3-5-7-23/h3-19,28H,20H2,1-2H3,(H,34,35)(H4,31,32,33). The number of ether oxygens (including phenoxy) is 1. The molecule has 0 radical (unpaired) electrons. The van der Waals surface area contributed by atoms with E-state index in [1.54, 1.807) is 48.5 Å². The SMILES string of the molecule is Cc1ccc(OP(=O)(Oc2ccc(C)cc2)C(NC(=O)OCc2ccccc2)c2ccc(N=C(N)N)cc2)cc1. The zero-order valence-electron chi connectivity index (χ0n) is 22.2. The second-order valence-corrected chi connectivity index (χ2v) is 11.0. The number of benzene rings is 4. The van der Waals surface area contributed by atoms with Gasteiger partial charge in [0.15, 0.2) is 11.7 Å². The van der Waals surface area contributed by atoms with Gasteiger partial charge in [-0.05, 0) is 61.4 Å². The number of carbonyl (C=O) groups excluding carboxylic acids is 1. The van der Waals surface area contributed by atoms with Crippen molar-refractivity contribution in [2.75, 3.05) is 0 Å². The Morgan fingerprint density at radius 1 is 0.800 bits per heavy atom. The van der Waals surface area contributed by atoms with Crippen molar-refractivity contribution in [3.8, 4) is 11.5 Å². The molecule has 4 aromatic carbocycles. The van der Waals surface area contributed by atoms with Crippen molar-refractivity contribution in [2.45, 2.75) is 26.2 Å². The molecule has 0 fully saturated rings. The molecule has 1 amide bonds. The van der Waals surface area contributed by atoms with Crippen molar-refractivity contribution in [3.05, 3.63) is 125 Å². The molecule has 4 aromatic rings. The lowest BCUT2D eigenvalue weighted by Gasteiger charge is -2.28. The van der Waals surface area contributed by atoms with Gasteiger partial charge in [-0.2, -0.15) is 0 Å². The maximum Gasteiger partial charge on any atom is 0.457 e. The maximum atomic E-state index is 14.7. The van der Waals surface area contributed by atoms with Gasteiger partial charge in [-0.15, -0.1) is 0 Å². The Morgan fingerprint density at radius 3 is 1.82 bits per heavy atom. The van der Waals surface area contributed by atoms with Gasteiger partial charge in [0.1, 0.15) is 18.1 Å². The van der Waals surface area contributed by atoms with Gasteiger partial charge in [0.05, 0.1) is 5.69 Å². The molecule has 1 unspecified atom stereocenters. The number of rotatable bonds is 10. The van der Waals surface area contributed by atoms with Gasteiger partial charge >= 0.3 is 13.7 Å². The Kier molecular flexibility index (Phi) is 9.09. The van der Waals surface area contributed by atoms with Crippen LogP contribution in [0.15, 0.2) is 108 Å². The van der Waals surface area contributed by atoms with Crippen LogP contribution in [-0.4, -0.2) is 12.1 Å². The largest absolute Gasteiger partial charge is 0.457 e. The molecule has 0 aromatic heterocycles. The molecule has 4 rings (SSSR count). The summed E-state index contributed by atoms with van der Waals surface area (Å²) >= 11 is 0. The summed E-state index contributed by atoms with van der Waals surface area (Å²) < 4.78 is 32.3. The van der Waals surface area contributed by atoms with Crippen LogP contribution in [0.2, 0.25) is 0 Å². The van der Waals surface area contributed by atoms with Crippen LogP contribution in [0.1, 0.15) is 28.0 Å². The molecule has 10 heteroatoms. The van der Waals surface area contributed by atoms with Crippen molar-refractivity contribution in [1.29, 1.82) is 0 Å². The summed E-state index contributed by atoms with van der Waals surface area (Å²) in [6.45, 7) is 3.87. The molecule has 206 valence electrons. The molecule has 5 N–H and O–H groups in total. The molecule has 0 aliphatic heterocycles. The number of aliphatic imine (C=N–C) groups is 1. The molecule has 0 saturated heterocycles. The fourth-order valence-electron chi connectivity index (χ4n) is 3.72. The van der Waals surface area contributed by atoms with Crippen LogP contribution in [0.3, 0.4) is 0 Å². The van der Waals surface area contributed by atoms with E-state index in [0.717, 1.165) is 16.7 Å². The first-order chi connectivity index (χ1) is 19.2. The molecule has 0 aliphatic rings. The number of alkyl carbamates (subject to hydrolysis) is 1. The molecule has 40 heavy (non-hydrogen) atoms. The van der Waals surface area contributed by atoms with E-state index in [1.807, 2.05) is 68.4 Å². The highest BCUT2D eigenvalue weighted by molar-refractivity contribution is 7.55. The first kappa shape index (κ1) is 28.3. The van der Waals surface area contributed by atoms with Crippen LogP contribution in [0.5, 0.6) is 11.5 Å². The van der Waals surface area contributed by atoms with Crippen LogP contribution in [0.4, 0.5) is 10.5 Å². The van der Waals surface area contributed by atoms with Gasteiger partial charge in [-0.1, -0.05) is 77.9 Å². The van der Waals surface area contributed by atoms with Crippen LogP contribution in [0, 0.1) is 13.8 Å².